The van der Waals surface area contributed by atoms with Crippen LogP contribution in [0.4, 0.5) is 13.2 Å². The Kier molecular flexibility index (Phi) is 5.50. The number of ether oxygens (including phenoxy) is 1. The van der Waals surface area contributed by atoms with E-state index in [0.29, 0.717) is 0 Å². The number of hydrogen-bond donors (Lipinski definition) is 0. The van der Waals surface area contributed by atoms with Crippen molar-refractivity contribution in [2.75, 3.05) is 7.11 Å². The van der Waals surface area contributed by atoms with Gasteiger partial charge in [-0.05, 0) is 17.5 Å². The summed E-state index contributed by atoms with van der Waals surface area (Å²) in [6.45, 7) is 3.49. The molecule has 0 spiro atoms. The summed E-state index contributed by atoms with van der Waals surface area (Å²) in [7, 11) is 1.34. The summed E-state index contributed by atoms with van der Waals surface area (Å²) in [6, 6.07) is 6.03. The molecule has 0 saturated heterocycles. The maximum absolute atomic E-state index is 12.7. The van der Waals surface area contributed by atoms with Crippen LogP contribution in [0.2, 0.25) is 0 Å². The van der Waals surface area contributed by atoms with E-state index in [1.807, 2.05) is 0 Å². The molecule has 0 aromatic heterocycles. The van der Waals surface area contributed by atoms with Crippen LogP contribution in [0.5, 0.6) is 0 Å². The Hall–Kier alpha value is -1.87. The molecule has 1 aromatic carbocycles. The standard InChI is InChI=1S/C15H16F3NO2/c1-9(2)14(21-3)13(20)12(8-19)10-5-4-6-11(7-10)15(16,17)18/h4-7,9,12,14H,1-3H3. The van der Waals surface area contributed by atoms with Crippen molar-refractivity contribution >= 4 is 5.78 Å². The van der Waals surface area contributed by atoms with E-state index in [1.54, 1.807) is 19.9 Å². The van der Waals surface area contributed by atoms with Gasteiger partial charge in [-0.3, -0.25) is 4.79 Å². The first-order valence-corrected chi connectivity index (χ1v) is 6.35. The zero-order valence-corrected chi connectivity index (χ0v) is 11.9. The predicted octanol–water partition coefficient (Wildman–Crippen LogP) is 3.55. The lowest BCUT2D eigenvalue weighted by atomic mass is 9.88. The molecular formula is C15H16F3NO2. The Morgan fingerprint density at radius 2 is 1.95 bits per heavy atom. The fourth-order valence-electron chi connectivity index (χ4n) is 2.08. The molecule has 0 aliphatic heterocycles. The van der Waals surface area contributed by atoms with Crippen LogP contribution in [-0.2, 0) is 15.7 Å². The van der Waals surface area contributed by atoms with Crippen LogP contribution in [0.3, 0.4) is 0 Å². The molecule has 3 nitrogen and oxygen atoms in total. The number of rotatable bonds is 5. The smallest absolute Gasteiger partial charge is 0.373 e. The Morgan fingerprint density at radius 3 is 2.38 bits per heavy atom. The molecule has 1 aromatic rings. The lowest BCUT2D eigenvalue weighted by molar-refractivity contribution is -0.138. The Balaban J connectivity index is 3.17. The number of carbonyl (C=O) groups is 1. The van der Waals surface area contributed by atoms with Gasteiger partial charge in [0.05, 0.1) is 11.6 Å². The third kappa shape index (κ3) is 4.05. The van der Waals surface area contributed by atoms with Gasteiger partial charge in [-0.2, -0.15) is 18.4 Å². The van der Waals surface area contributed by atoms with E-state index in [-0.39, 0.29) is 11.5 Å². The first-order chi connectivity index (χ1) is 9.72. The minimum absolute atomic E-state index is 0.0278. The summed E-state index contributed by atoms with van der Waals surface area (Å²) in [4.78, 5) is 12.3. The largest absolute Gasteiger partial charge is 0.416 e. The van der Waals surface area contributed by atoms with Gasteiger partial charge < -0.3 is 4.74 Å². The van der Waals surface area contributed by atoms with Crippen molar-refractivity contribution in [3.63, 3.8) is 0 Å². The summed E-state index contributed by atoms with van der Waals surface area (Å²) >= 11 is 0. The summed E-state index contributed by atoms with van der Waals surface area (Å²) in [5, 5.41) is 9.16. The lowest BCUT2D eigenvalue weighted by Gasteiger charge is -2.21. The molecule has 2 unspecified atom stereocenters. The van der Waals surface area contributed by atoms with Crippen LogP contribution in [0.15, 0.2) is 24.3 Å². The number of Topliss-reactive ketones (excluding diaryl/α,β-unsaturated/α-hetero) is 1. The molecule has 0 saturated carbocycles. The van der Waals surface area contributed by atoms with Gasteiger partial charge in [0.1, 0.15) is 12.0 Å². The van der Waals surface area contributed by atoms with Crippen molar-refractivity contribution in [1.82, 2.24) is 0 Å². The molecule has 0 radical (unpaired) electrons. The molecule has 0 aliphatic carbocycles. The van der Waals surface area contributed by atoms with E-state index in [9.17, 15) is 18.0 Å². The molecule has 0 bridgehead atoms. The van der Waals surface area contributed by atoms with Gasteiger partial charge in [0.2, 0.25) is 0 Å². The van der Waals surface area contributed by atoms with Crippen molar-refractivity contribution in [2.45, 2.75) is 32.0 Å². The number of benzene rings is 1. The SMILES string of the molecule is COC(C(=O)C(C#N)c1cccc(C(F)(F)F)c1)C(C)C. The molecule has 0 heterocycles. The number of methoxy groups -OCH3 is 1. The normalized spacial score (nSPS) is 14.6. The summed E-state index contributed by atoms with van der Waals surface area (Å²) < 4.78 is 43.1. The topological polar surface area (TPSA) is 50.1 Å². The highest BCUT2D eigenvalue weighted by atomic mass is 19.4. The minimum atomic E-state index is -4.52. The highest BCUT2D eigenvalue weighted by Crippen LogP contribution is 2.31. The van der Waals surface area contributed by atoms with Crippen LogP contribution in [0.1, 0.15) is 30.9 Å². The third-order valence-corrected chi connectivity index (χ3v) is 3.10. The van der Waals surface area contributed by atoms with Gasteiger partial charge in [0.25, 0.3) is 0 Å². The third-order valence-electron chi connectivity index (χ3n) is 3.10. The molecule has 0 fully saturated rings. The first kappa shape index (κ1) is 17.2. The highest BCUT2D eigenvalue weighted by Gasteiger charge is 2.34. The second-order valence-electron chi connectivity index (χ2n) is 4.99. The Morgan fingerprint density at radius 1 is 1.33 bits per heavy atom. The van der Waals surface area contributed by atoms with E-state index in [4.69, 9.17) is 10.00 Å². The van der Waals surface area contributed by atoms with E-state index < -0.39 is 29.5 Å². The second-order valence-corrected chi connectivity index (χ2v) is 4.99. The monoisotopic (exact) mass is 299 g/mol. The molecule has 0 aliphatic rings. The number of ketones is 1. The summed E-state index contributed by atoms with van der Waals surface area (Å²) in [6.07, 6.45) is -5.35. The van der Waals surface area contributed by atoms with E-state index >= 15 is 0 Å². The molecule has 21 heavy (non-hydrogen) atoms. The van der Waals surface area contributed by atoms with Crippen molar-refractivity contribution in [2.24, 2.45) is 5.92 Å². The van der Waals surface area contributed by atoms with Gasteiger partial charge in [-0.25, -0.2) is 0 Å². The maximum Gasteiger partial charge on any atom is 0.416 e. The zero-order valence-electron chi connectivity index (χ0n) is 11.9. The molecule has 1 rings (SSSR count). The molecule has 2 atom stereocenters. The maximum atomic E-state index is 12.7. The number of hydrogen-bond acceptors (Lipinski definition) is 3. The van der Waals surface area contributed by atoms with Crippen LogP contribution in [0, 0.1) is 17.2 Å². The van der Waals surface area contributed by atoms with Gasteiger partial charge in [0.15, 0.2) is 5.78 Å². The predicted molar refractivity (Wildman–Crippen MR) is 70.4 cm³/mol. The average molecular weight is 299 g/mol. The van der Waals surface area contributed by atoms with Crippen LogP contribution < -0.4 is 0 Å². The fraction of sp³-hybridized carbons (Fsp3) is 0.467. The summed E-state index contributed by atoms with van der Waals surface area (Å²) in [5.41, 5.74) is -0.855. The van der Waals surface area contributed by atoms with Crippen molar-refractivity contribution in [1.29, 1.82) is 5.26 Å². The number of halogens is 3. The van der Waals surface area contributed by atoms with E-state index in [2.05, 4.69) is 0 Å². The van der Waals surface area contributed by atoms with Crippen molar-refractivity contribution in [3.8, 4) is 6.07 Å². The molecule has 0 amide bonds. The lowest BCUT2D eigenvalue weighted by Crippen LogP contribution is -2.32. The summed E-state index contributed by atoms with van der Waals surface area (Å²) in [5.74, 6) is -1.99. The Bertz CT molecular complexity index is 547. The van der Waals surface area contributed by atoms with Crippen LogP contribution >= 0.6 is 0 Å². The van der Waals surface area contributed by atoms with Crippen molar-refractivity contribution < 1.29 is 22.7 Å². The van der Waals surface area contributed by atoms with Gasteiger partial charge in [-0.1, -0.05) is 32.0 Å². The van der Waals surface area contributed by atoms with Crippen molar-refractivity contribution in [3.05, 3.63) is 35.4 Å². The zero-order chi connectivity index (χ0) is 16.2. The Labute approximate surface area is 121 Å². The molecule has 6 heteroatoms. The first-order valence-electron chi connectivity index (χ1n) is 6.35. The molecule has 114 valence electrons. The second kappa shape index (κ2) is 6.72. The van der Waals surface area contributed by atoms with Gasteiger partial charge in [0, 0.05) is 7.11 Å². The van der Waals surface area contributed by atoms with Crippen LogP contribution in [0.25, 0.3) is 0 Å². The van der Waals surface area contributed by atoms with Crippen LogP contribution in [-0.4, -0.2) is 19.0 Å². The quantitative estimate of drug-likeness (QED) is 0.835. The number of nitriles is 1. The number of nitrogens with zero attached hydrogens (tertiary/aromatic N) is 1. The van der Waals surface area contributed by atoms with Gasteiger partial charge in [-0.15, -0.1) is 0 Å². The minimum Gasteiger partial charge on any atom is -0.373 e. The number of carbonyl (C=O) groups excluding carboxylic acids is 1. The molecule has 0 N–H and O–H groups in total. The van der Waals surface area contributed by atoms with Gasteiger partial charge >= 0.3 is 6.18 Å². The number of alkyl halides is 3. The van der Waals surface area contributed by atoms with E-state index in [0.717, 1.165) is 12.1 Å². The van der Waals surface area contributed by atoms with E-state index in [1.165, 1.54) is 19.2 Å². The highest BCUT2D eigenvalue weighted by molar-refractivity contribution is 5.92. The fourth-order valence-corrected chi connectivity index (χ4v) is 2.08. The average Bonchev–Trinajstić information content (AvgIpc) is 2.39. The molecular weight excluding hydrogens is 283 g/mol.